The topological polar surface area (TPSA) is 59.1 Å². The lowest BCUT2D eigenvalue weighted by Crippen LogP contribution is -1.93. The summed E-state index contributed by atoms with van der Waals surface area (Å²) in [6.45, 7) is 5.39. The smallest absolute Gasteiger partial charge is 0.166 e. The van der Waals surface area contributed by atoms with Crippen LogP contribution in [0.3, 0.4) is 0 Å². The average molecular weight is 150 g/mol. The van der Waals surface area contributed by atoms with E-state index in [1.54, 1.807) is 12.3 Å². The van der Waals surface area contributed by atoms with E-state index in [0.717, 1.165) is 5.56 Å². The number of nitrogens with zero attached hydrogens (tertiary/aromatic N) is 1. The summed E-state index contributed by atoms with van der Waals surface area (Å²) in [6.07, 6.45) is 3.16. The first-order valence-corrected chi connectivity index (χ1v) is 3.23. The highest BCUT2D eigenvalue weighted by Gasteiger charge is 2.04. The molecule has 0 saturated heterocycles. The van der Waals surface area contributed by atoms with Crippen LogP contribution in [0.2, 0.25) is 0 Å². The summed E-state index contributed by atoms with van der Waals surface area (Å²) in [6, 6.07) is 0. The number of aryl methyl sites for hydroxylation is 1. The molecule has 0 saturated carbocycles. The van der Waals surface area contributed by atoms with Gasteiger partial charge in [-0.25, -0.2) is 4.98 Å². The molecular formula is C8H10N2O. The Bertz CT molecular complexity index is 294. The highest BCUT2D eigenvalue weighted by atomic mass is 16.3. The summed E-state index contributed by atoms with van der Waals surface area (Å²) >= 11 is 0. The highest BCUT2D eigenvalue weighted by Crippen LogP contribution is 2.25. The maximum atomic E-state index is 9.32. The molecular weight excluding hydrogens is 140 g/mol. The van der Waals surface area contributed by atoms with Crippen molar-refractivity contribution in [2.24, 2.45) is 0 Å². The molecule has 0 atom stereocenters. The Kier molecular flexibility index (Phi) is 1.81. The molecule has 3 nitrogen and oxygen atoms in total. The normalized spacial score (nSPS) is 9.55. The molecule has 1 rings (SSSR count). The molecule has 0 amide bonds. The predicted molar refractivity (Wildman–Crippen MR) is 45.1 cm³/mol. The van der Waals surface area contributed by atoms with E-state index in [1.165, 1.54) is 0 Å². The molecule has 0 bridgehead atoms. The van der Waals surface area contributed by atoms with Gasteiger partial charge in [-0.1, -0.05) is 12.7 Å². The number of nitrogen functional groups attached to an aromatic ring is 1. The van der Waals surface area contributed by atoms with E-state index in [-0.39, 0.29) is 11.6 Å². The van der Waals surface area contributed by atoms with Crippen molar-refractivity contribution in [2.45, 2.75) is 6.92 Å². The number of hydrogen-bond acceptors (Lipinski definition) is 3. The standard InChI is InChI=1S/C8H10N2O/c1-3-6-5(2)4-10-8(9)7(6)11/h3-4,11H,1H2,2H3,(H2,9,10). The van der Waals surface area contributed by atoms with Gasteiger partial charge in [0, 0.05) is 11.8 Å². The number of rotatable bonds is 1. The third kappa shape index (κ3) is 1.17. The lowest BCUT2D eigenvalue weighted by Gasteiger charge is -2.04. The van der Waals surface area contributed by atoms with Gasteiger partial charge in [0.15, 0.2) is 11.6 Å². The first-order valence-electron chi connectivity index (χ1n) is 3.23. The molecule has 1 heterocycles. The average Bonchev–Trinajstić information content (AvgIpc) is 1.99. The first-order chi connectivity index (χ1) is 5.16. The number of anilines is 1. The minimum atomic E-state index is 0.0139. The van der Waals surface area contributed by atoms with E-state index in [2.05, 4.69) is 11.6 Å². The van der Waals surface area contributed by atoms with Gasteiger partial charge >= 0.3 is 0 Å². The molecule has 0 spiro atoms. The van der Waals surface area contributed by atoms with Gasteiger partial charge in [-0.3, -0.25) is 0 Å². The molecule has 0 aliphatic rings. The van der Waals surface area contributed by atoms with E-state index in [0.29, 0.717) is 5.56 Å². The largest absolute Gasteiger partial charge is 0.504 e. The Labute approximate surface area is 65.2 Å². The number of aromatic nitrogens is 1. The Hall–Kier alpha value is -1.51. The third-order valence-electron chi connectivity index (χ3n) is 1.52. The van der Waals surface area contributed by atoms with Crippen LogP contribution in [0.15, 0.2) is 12.8 Å². The SMILES string of the molecule is C=Cc1c(C)cnc(N)c1O. The molecule has 0 unspecified atom stereocenters. The van der Waals surface area contributed by atoms with Gasteiger partial charge in [-0.05, 0) is 12.5 Å². The Balaban J connectivity index is 3.40. The van der Waals surface area contributed by atoms with Crippen molar-refractivity contribution in [3.8, 4) is 5.75 Å². The maximum Gasteiger partial charge on any atom is 0.166 e. The van der Waals surface area contributed by atoms with Crippen LogP contribution in [-0.4, -0.2) is 10.1 Å². The molecule has 0 radical (unpaired) electrons. The molecule has 3 heteroatoms. The fourth-order valence-electron chi connectivity index (χ4n) is 0.879. The summed E-state index contributed by atoms with van der Waals surface area (Å²) in [5.41, 5.74) is 6.87. The Morgan fingerprint density at radius 2 is 2.36 bits per heavy atom. The molecule has 0 aliphatic heterocycles. The number of nitrogens with two attached hydrogens (primary N) is 1. The van der Waals surface area contributed by atoms with Crippen molar-refractivity contribution in [3.63, 3.8) is 0 Å². The third-order valence-corrected chi connectivity index (χ3v) is 1.52. The molecule has 3 N–H and O–H groups in total. The zero-order chi connectivity index (χ0) is 8.43. The Morgan fingerprint density at radius 1 is 1.73 bits per heavy atom. The summed E-state index contributed by atoms with van der Waals surface area (Å²) in [7, 11) is 0. The number of pyridine rings is 1. The van der Waals surface area contributed by atoms with E-state index < -0.39 is 0 Å². The molecule has 11 heavy (non-hydrogen) atoms. The van der Waals surface area contributed by atoms with Crippen molar-refractivity contribution in [3.05, 3.63) is 23.9 Å². The first kappa shape index (κ1) is 7.60. The van der Waals surface area contributed by atoms with Crippen LogP contribution in [0.4, 0.5) is 5.82 Å². The molecule has 0 aliphatic carbocycles. The van der Waals surface area contributed by atoms with Crippen LogP contribution in [0, 0.1) is 6.92 Å². The van der Waals surface area contributed by atoms with E-state index >= 15 is 0 Å². The van der Waals surface area contributed by atoms with Gasteiger partial charge in [-0.2, -0.15) is 0 Å². The second kappa shape index (κ2) is 2.62. The van der Waals surface area contributed by atoms with Crippen LogP contribution in [-0.2, 0) is 0 Å². The monoisotopic (exact) mass is 150 g/mol. The predicted octanol–water partition coefficient (Wildman–Crippen LogP) is 1.32. The van der Waals surface area contributed by atoms with Gasteiger partial charge in [0.05, 0.1) is 0 Å². The quantitative estimate of drug-likeness (QED) is 0.634. The molecule has 0 fully saturated rings. The molecule has 1 aromatic rings. The second-order valence-corrected chi connectivity index (χ2v) is 2.29. The summed E-state index contributed by atoms with van der Waals surface area (Å²) < 4.78 is 0. The Morgan fingerprint density at radius 3 is 2.82 bits per heavy atom. The van der Waals surface area contributed by atoms with Crippen LogP contribution >= 0.6 is 0 Å². The zero-order valence-electron chi connectivity index (χ0n) is 6.33. The van der Waals surface area contributed by atoms with E-state index in [4.69, 9.17) is 5.73 Å². The molecule has 58 valence electrons. The van der Waals surface area contributed by atoms with Gasteiger partial charge in [-0.15, -0.1) is 0 Å². The minimum absolute atomic E-state index is 0.0139. The van der Waals surface area contributed by atoms with E-state index in [1.807, 2.05) is 6.92 Å². The maximum absolute atomic E-state index is 9.32. The van der Waals surface area contributed by atoms with Gasteiger partial charge in [0.2, 0.25) is 0 Å². The minimum Gasteiger partial charge on any atom is -0.504 e. The van der Waals surface area contributed by atoms with Gasteiger partial charge in [0.25, 0.3) is 0 Å². The van der Waals surface area contributed by atoms with Crippen molar-refractivity contribution in [1.82, 2.24) is 4.98 Å². The summed E-state index contributed by atoms with van der Waals surface area (Å²) in [5.74, 6) is 0.158. The number of aromatic hydroxyl groups is 1. The van der Waals surface area contributed by atoms with Crippen molar-refractivity contribution < 1.29 is 5.11 Å². The highest BCUT2D eigenvalue weighted by molar-refractivity contribution is 5.65. The van der Waals surface area contributed by atoms with Crippen LogP contribution in [0.5, 0.6) is 5.75 Å². The lowest BCUT2D eigenvalue weighted by molar-refractivity contribution is 0.474. The molecule has 0 aromatic carbocycles. The molecule has 1 aromatic heterocycles. The van der Waals surface area contributed by atoms with Gasteiger partial charge in [0.1, 0.15) is 0 Å². The van der Waals surface area contributed by atoms with Crippen molar-refractivity contribution >= 4 is 11.9 Å². The lowest BCUT2D eigenvalue weighted by atomic mass is 10.1. The second-order valence-electron chi connectivity index (χ2n) is 2.29. The summed E-state index contributed by atoms with van der Waals surface area (Å²) in [5, 5.41) is 9.32. The van der Waals surface area contributed by atoms with Crippen molar-refractivity contribution in [2.75, 3.05) is 5.73 Å². The van der Waals surface area contributed by atoms with Gasteiger partial charge < -0.3 is 10.8 Å². The van der Waals surface area contributed by atoms with Crippen molar-refractivity contribution in [1.29, 1.82) is 0 Å². The van der Waals surface area contributed by atoms with E-state index in [9.17, 15) is 5.11 Å². The van der Waals surface area contributed by atoms with Crippen LogP contribution in [0.25, 0.3) is 6.08 Å². The fraction of sp³-hybridized carbons (Fsp3) is 0.125. The summed E-state index contributed by atoms with van der Waals surface area (Å²) in [4.78, 5) is 3.77. The fourth-order valence-corrected chi connectivity index (χ4v) is 0.879. The van der Waals surface area contributed by atoms with Crippen LogP contribution < -0.4 is 5.73 Å². The van der Waals surface area contributed by atoms with Crippen LogP contribution in [0.1, 0.15) is 11.1 Å². The zero-order valence-corrected chi connectivity index (χ0v) is 6.33. The number of hydrogen-bond donors (Lipinski definition) is 2.